The van der Waals surface area contributed by atoms with Crippen LogP contribution < -0.4 is 5.73 Å². The Kier molecular flexibility index (Phi) is 2.57. The van der Waals surface area contributed by atoms with Crippen LogP contribution in [0.25, 0.3) is 0 Å². The van der Waals surface area contributed by atoms with Crippen LogP contribution in [-0.4, -0.2) is 25.0 Å². The average molecular weight is 204 g/mol. The van der Waals surface area contributed by atoms with Crippen LogP contribution >= 0.6 is 0 Å². The molecule has 0 aliphatic rings. The highest BCUT2D eigenvalue weighted by atomic mass is 15.4. The molecular weight excluding hydrogens is 192 g/mol. The zero-order chi connectivity index (χ0) is 10.7. The van der Waals surface area contributed by atoms with E-state index in [9.17, 15) is 0 Å². The predicted octanol–water partition coefficient (Wildman–Crippen LogP) is 0.201. The molecular formula is C9H12N6. The molecule has 0 radical (unpaired) electrons. The maximum Gasteiger partial charge on any atom is 0.165 e. The summed E-state index contributed by atoms with van der Waals surface area (Å²) >= 11 is 0. The number of anilines is 1. The van der Waals surface area contributed by atoms with Crippen molar-refractivity contribution in [1.29, 1.82) is 0 Å². The van der Waals surface area contributed by atoms with Crippen LogP contribution in [0.2, 0.25) is 0 Å². The number of hydrogen-bond acceptors (Lipinski definition) is 5. The molecule has 0 bridgehead atoms. The highest BCUT2D eigenvalue weighted by molar-refractivity contribution is 5.19. The highest BCUT2D eigenvalue weighted by Crippen LogP contribution is 1.99. The summed E-state index contributed by atoms with van der Waals surface area (Å²) in [5.74, 6) is 0.435. The first-order chi connectivity index (χ1) is 7.24. The van der Waals surface area contributed by atoms with Gasteiger partial charge in [0.2, 0.25) is 0 Å². The molecule has 2 aromatic rings. The van der Waals surface area contributed by atoms with Crippen molar-refractivity contribution < 1.29 is 0 Å². The lowest BCUT2D eigenvalue weighted by Gasteiger charge is -2.00. The van der Waals surface area contributed by atoms with E-state index in [1.54, 1.807) is 23.3 Å². The summed E-state index contributed by atoms with van der Waals surface area (Å²) in [7, 11) is 0. The van der Waals surface area contributed by atoms with Gasteiger partial charge >= 0.3 is 0 Å². The smallest absolute Gasteiger partial charge is 0.165 e. The summed E-state index contributed by atoms with van der Waals surface area (Å²) in [6, 6.07) is 0. The number of aryl methyl sites for hydroxylation is 3. The molecule has 2 aromatic heterocycles. The van der Waals surface area contributed by atoms with Crippen molar-refractivity contribution in [3.63, 3.8) is 0 Å². The molecule has 0 aliphatic carbocycles. The minimum atomic E-state index is 0.435. The molecule has 0 aromatic carbocycles. The van der Waals surface area contributed by atoms with Crippen molar-refractivity contribution in [2.75, 3.05) is 5.73 Å². The van der Waals surface area contributed by atoms with E-state index < -0.39 is 0 Å². The van der Waals surface area contributed by atoms with E-state index >= 15 is 0 Å². The van der Waals surface area contributed by atoms with Crippen LogP contribution in [0.1, 0.15) is 11.4 Å². The van der Waals surface area contributed by atoms with E-state index in [-0.39, 0.29) is 0 Å². The summed E-state index contributed by atoms with van der Waals surface area (Å²) in [6.45, 7) is 2.63. The molecule has 0 amide bonds. The van der Waals surface area contributed by atoms with E-state index in [4.69, 9.17) is 5.73 Å². The van der Waals surface area contributed by atoms with Crippen LogP contribution in [0, 0.1) is 6.92 Å². The van der Waals surface area contributed by atoms with E-state index in [0.29, 0.717) is 12.4 Å². The SMILES string of the molecule is Cc1cncc(CCn2cc(N)nn2)n1. The molecule has 0 spiro atoms. The van der Waals surface area contributed by atoms with Crippen molar-refractivity contribution in [1.82, 2.24) is 25.0 Å². The minimum Gasteiger partial charge on any atom is -0.381 e. The second kappa shape index (κ2) is 4.04. The number of nitrogens with two attached hydrogens (primary N) is 1. The Bertz CT molecular complexity index is 449. The summed E-state index contributed by atoms with van der Waals surface area (Å²) in [4.78, 5) is 8.41. The van der Waals surface area contributed by atoms with Gasteiger partial charge in [0, 0.05) is 25.4 Å². The van der Waals surface area contributed by atoms with Crippen LogP contribution in [-0.2, 0) is 13.0 Å². The molecule has 15 heavy (non-hydrogen) atoms. The fourth-order valence-electron chi connectivity index (χ4n) is 1.29. The maximum absolute atomic E-state index is 5.45. The second-order valence-electron chi connectivity index (χ2n) is 3.31. The summed E-state index contributed by atoms with van der Waals surface area (Å²) in [5.41, 5.74) is 7.32. The van der Waals surface area contributed by atoms with Gasteiger partial charge in [-0.05, 0) is 6.92 Å². The van der Waals surface area contributed by atoms with Gasteiger partial charge in [-0.3, -0.25) is 9.97 Å². The van der Waals surface area contributed by atoms with Crippen molar-refractivity contribution in [3.05, 3.63) is 30.0 Å². The van der Waals surface area contributed by atoms with Gasteiger partial charge in [0.05, 0.1) is 17.6 Å². The first-order valence-corrected chi connectivity index (χ1v) is 4.67. The maximum atomic E-state index is 5.45. The molecule has 0 saturated carbocycles. The van der Waals surface area contributed by atoms with Crippen molar-refractivity contribution in [2.45, 2.75) is 19.9 Å². The summed E-state index contributed by atoms with van der Waals surface area (Å²) in [5, 5.41) is 7.55. The Morgan fingerprint density at radius 3 is 2.93 bits per heavy atom. The molecule has 2 N–H and O–H groups in total. The summed E-state index contributed by atoms with van der Waals surface area (Å²) in [6.07, 6.45) is 5.96. The van der Waals surface area contributed by atoms with Crippen molar-refractivity contribution in [3.8, 4) is 0 Å². The topological polar surface area (TPSA) is 82.5 Å². The molecule has 6 nitrogen and oxygen atoms in total. The summed E-state index contributed by atoms with van der Waals surface area (Å²) < 4.78 is 1.69. The Morgan fingerprint density at radius 2 is 2.27 bits per heavy atom. The molecule has 0 aliphatic heterocycles. The molecule has 0 fully saturated rings. The molecule has 6 heteroatoms. The molecule has 0 saturated heterocycles. The van der Waals surface area contributed by atoms with Gasteiger partial charge in [-0.1, -0.05) is 5.21 Å². The monoisotopic (exact) mass is 204 g/mol. The van der Waals surface area contributed by atoms with Crippen LogP contribution in [0.15, 0.2) is 18.6 Å². The van der Waals surface area contributed by atoms with Gasteiger partial charge in [0.15, 0.2) is 5.82 Å². The van der Waals surface area contributed by atoms with Crippen molar-refractivity contribution in [2.24, 2.45) is 0 Å². The minimum absolute atomic E-state index is 0.435. The van der Waals surface area contributed by atoms with Gasteiger partial charge < -0.3 is 5.73 Å². The van der Waals surface area contributed by atoms with Gasteiger partial charge in [-0.2, -0.15) is 0 Å². The van der Waals surface area contributed by atoms with Crippen LogP contribution in [0.3, 0.4) is 0 Å². The molecule has 2 heterocycles. The van der Waals surface area contributed by atoms with Gasteiger partial charge in [-0.25, -0.2) is 4.68 Å². The van der Waals surface area contributed by atoms with Crippen LogP contribution in [0.5, 0.6) is 0 Å². The van der Waals surface area contributed by atoms with Gasteiger partial charge in [0.1, 0.15) is 0 Å². The van der Waals surface area contributed by atoms with E-state index in [1.165, 1.54) is 0 Å². The number of aromatic nitrogens is 5. The Morgan fingerprint density at radius 1 is 1.40 bits per heavy atom. The predicted molar refractivity (Wildman–Crippen MR) is 54.9 cm³/mol. The third-order valence-corrected chi connectivity index (χ3v) is 1.96. The Hall–Kier alpha value is -1.98. The van der Waals surface area contributed by atoms with E-state index in [2.05, 4.69) is 20.3 Å². The molecule has 0 atom stereocenters. The molecule has 2 rings (SSSR count). The van der Waals surface area contributed by atoms with E-state index in [0.717, 1.165) is 17.8 Å². The third kappa shape index (κ3) is 2.49. The zero-order valence-electron chi connectivity index (χ0n) is 8.46. The zero-order valence-corrected chi connectivity index (χ0v) is 8.46. The lowest BCUT2D eigenvalue weighted by atomic mass is 10.3. The lowest BCUT2D eigenvalue weighted by molar-refractivity contribution is 0.582. The normalized spacial score (nSPS) is 10.5. The quantitative estimate of drug-likeness (QED) is 0.772. The second-order valence-corrected chi connectivity index (χ2v) is 3.31. The van der Waals surface area contributed by atoms with Gasteiger partial charge in [-0.15, -0.1) is 5.10 Å². The first kappa shape index (κ1) is 9.57. The number of nitrogens with zero attached hydrogens (tertiary/aromatic N) is 5. The number of nitrogen functional groups attached to an aromatic ring is 1. The fraction of sp³-hybridized carbons (Fsp3) is 0.333. The van der Waals surface area contributed by atoms with E-state index in [1.807, 2.05) is 6.92 Å². The number of hydrogen-bond donors (Lipinski definition) is 1. The highest BCUT2D eigenvalue weighted by Gasteiger charge is 1.99. The fourth-order valence-corrected chi connectivity index (χ4v) is 1.29. The standard InChI is InChI=1S/C9H12N6/c1-7-4-11-5-8(12-7)2-3-15-6-9(10)13-14-15/h4-6H,2-3,10H2,1H3. The Labute approximate surface area is 87.2 Å². The molecule has 78 valence electrons. The largest absolute Gasteiger partial charge is 0.381 e. The van der Waals surface area contributed by atoms with Crippen LogP contribution in [0.4, 0.5) is 5.82 Å². The molecule has 0 unspecified atom stereocenters. The first-order valence-electron chi connectivity index (χ1n) is 4.67. The average Bonchev–Trinajstić information content (AvgIpc) is 2.62. The Balaban J connectivity index is 1.99. The third-order valence-electron chi connectivity index (χ3n) is 1.96. The lowest BCUT2D eigenvalue weighted by Crippen LogP contribution is -2.04. The number of rotatable bonds is 3. The van der Waals surface area contributed by atoms with Crippen molar-refractivity contribution >= 4 is 5.82 Å². The van der Waals surface area contributed by atoms with Gasteiger partial charge in [0.25, 0.3) is 0 Å².